The molecule has 3 aromatic rings. The number of para-hydroxylation sites is 1. The third-order valence-corrected chi connectivity index (χ3v) is 9.59. The predicted molar refractivity (Wildman–Crippen MR) is 183 cm³/mol. The molecular weight excluding hydrogens is 591 g/mol. The molecule has 2 aliphatic heterocycles. The van der Waals surface area contributed by atoms with Crippen LogP contribution in [0.15, 0.2) is 64.3 Å². The molecule has 44 heavy (non-hydrogen) atoms. The molecule has 0 atom stereocenters. The van der Waals surface area contributed by atoms with E-state index in [2.05, 4.69) is 34.9 Å². The number of nitrogens with zero attached hydrogens (tertiary/aromatic N) is 5. The number of piperazine rings is 1. The standard InChI is InChI=1S/C34H37N5O3S2/c1-4-5-16-38-31(37-20-18-36(19-21-37)26-9-7-6-8-10-26)28(24(2)29(23-35)32(38)40)22-30-33(41)39(34(43)44-30)17-15-25-11-13-27(42-3)14-12-25/h6-14,22H,4-5,15-21H2,1-3H3/b30-22+. The molecule has 2 aliphatic rings. The number of benzene rings is 2. The summed E-state index contributed by atoms with van der Waals surface area (Å²) in [6, 6.07) is 20.3. The van der Waals surface area contributed by atoms with Gasteiger partial charge in [-0.1, -0.05) is 67.7 Å². The van der Waals surface area contributed by atoms with Gasteiger partial charge >= 0.3 is 0 Å². The van der Waals surface area contributed by atoms with E-state index in [4.69, 9.17) is 17.0 Å². The fraction of sp³-hybridized carbons (Fsp3) is 0.353. The minimum Gasteiger partial charge on any atom is -0.497 e. The number of thiocarbonyl (C=S) groups is 1. The molecule has 5 rings (SSSR count). The number of ether oxygens (including phenoxy) is 1. The van der Waals surface area contributed by atoms with Crippen molar-refractivity contribution in [3.63, 3.8) is 0 Å². The Morgan fingerprint density at radius 1 is 1.00 bits per heavy atom. The largest absolute Gasteiger partial charge is 0.497 e. The number of pyridine rings is 1. The van der Waals surface area contributed by atoms with Crippen molar-refractivity contribution in [3.05, 3.63) is 92.1 Å². The van der Waals surface area contributed by atoms with Crippen molar-refractivity contribution >= 4 is 51.8 Å². The van der Waals surface area contributed by atoms with E-state index in [1.807, 2.05) is 55.5 Å². The Morgan fingerprint density at radius 3 is 2.32 bits per heavy atom. The smallest absolute Gasteiger partial charge is 0.270 e. The van der Waals surface area contributed by atoms with E-state index >= 15 is 0 Å². The fourth-order valence-electron chi connectivity index (χ4n) is 5.68. The van der Waals surface area contributed by atoms with Gasteiger partial charge in [0.15, 0.2) is 0 Å². The number of hydrogen-bond acceptors (Lipinski definition) is 8. The van der Waals surface area contributed by atoms with Crippen LogP contribution in [-0.4, -0.2) is 59.5 Å². The van der Waals surface area contributed by atoms with E-state index in [0.29, 0.717) is 47.4 Å². The summed E-state index contributed by atoms with van der Waals surface area (Å²) in [4.78, 5) is 34.1. The number of carbonyl (C=O) groups is 1. The van der Waals surface area contributed by atoms with E-state index in [1.54, 1.807) is 16.6 Å². The first kappa shape index (κ1) is 31.4. The lowest BCUT2D eigenvalue weighted by Gasteiger charge is -2.39. The van der Waals surface area contributed by atoms with Crippen molar-refractivity contribution in [2.24, 2.45) is 0 Å². The third kappa shape index (κ3) is 6.54. The van der Waals surface area contributed by atoms with E-state index < -0.39 is 0 Å². The number of thioether (sulfide) groups is 1. The first-order valence-electron chi connectivity index (χ1n) is 15.0. The molecule has 0 spiro atoms. The highest BCUT2D eigenvalue weighted by Crippen LogP contribution is 2.36. The summed E-state index contributed by atoms with van der Waals surface area (Å²) in [5.74, 6) is 1.40. The lowest BCUT2D eigenvalue weighted by molar-refractivity contribution is -0.122. The summed E-state index contributed by atoms with van der Waals surface area (Å²) in [6.07, 6.45) is 4.22. The van der Waals surface area contributed by atoms with E-state index in [9.17, 15) is 14.9 Å². The van der Waals surface area contributed by atoms with Crippen LogP contribution in [0.4, 0.5) is 11.5 Å². The van der Waals surface area contributed by atoms with Crippen molar-refractivity contribution in [3.8, 4) is 11.8 Å². The van der Waals surface area contributed by atoms with Gasteiger partial charge in [-0.2, -0.15) is 5.26 Å². The maximum Gasteiger partial charge on any atom is 0.270 e. The predicted octanol–water partition coefficient (Wildman–Crippen LogP) is 5.61. The van der Waals surface area contributed by atoms with E-state index in [0.717, 1.165) is 48.6 Å². The molecule has 2 aromatic carbocycles. The first-order chi connectivity index (χ1) is 21.4. The summed E-state index contributed by atoms with van der Waals surface area (Å²) in [7, 11) is 1.63. The summed E-state index contributed by atoms with van der Waals surface area (Å²) >= 11 is 6.93. The number of rotatable bonds is 10. The van der Waals surface area contributed by atoms with Crippen molar-refractivity contribution in [2.75, 3.05) is 49.6 Å². The zero-order valence-corrected chi connectivity index (χ0v) is 27.0. The average molecular weight is 628 g/mol. The minimum atomic E-state index is -0.275. The quantitative estimate of drug-likeness (QED) is 0.212. The van der Waals surface area contributed by atoms with Crippen molar-refractivity contribution in [1.29, 1.82) is 5.26 Å². The van der Waals surface area contributed by atoms with Crippen LogP contribution in [-0.2, 0) is 17.8 Å². The Bertz CT molecular complexity index is 1650. The summed E-state index contributed by atoms with van der Waals surface area (Å²) in [5, 5.41) is 10.0. The SMILES string of the molecule is CCCCn1c(N2CCN(c3ccccc3)CC2)c(/C=C2/SC(=S)N(CCc3ccc(OC)cc3)C2=O)c(C)c(C#N)c1=O. The van der Waals surface area contributed by atoms with Gasteiger partial charge in [0.05, 0.1) is 12.0 Å². The van der Waals surface area contributed by atoms with Gasteiger partial charge in [-0.3, -0.25) is 19.1 Å². The molecular formula is C34H37N5O3S2. The number of methoxy groups -OCH3 is 1. The lowest BCUT2D eigenvalue weighted by Crippen LogP contribution is -2.48. The molecule has 2 fully saturated rings. The highest BCUT2D eigenvalue weighted by Gasteiger charge is 2.33. The first-order valence-corrected chi connectivity index (χ1v) is 16.2. The van der Waals surface area contributed by atoms with E-state index in [1.165, 1.54) is 17.4 Å². The minimum absolute atomic E-state index is 0.119. The maximum atomic E-state index is 13.7. The molecule has 8 nitrogen and oxygen atoms in total. The van der Waals surface area contributed by atoms with Gasteiger partial charge in [0, 0.05) is 50.5 Å². The molecule has 1 aromatic heterocycles. The molecule has 2 saturated heterocycles. The van der Waals surface area contributed by atoms with Gasteiger partial charge in [-0.15, -0.1) is 0 Å². The monoisotopic (exact) mass is 627 g/mol. The average Bonchev–Trinajstić information content (AvgIpc) is 3.32. The van der Waals surface area contributed by atoms with Crippen LogP contribution in [0.1, 0.15) is 42.0 Å². The van der Waals surface area contributed by atoms with Crippen molar-refractivity contribution in [1.82, 2.24) is 9.47 Å². The number of carbonyl (C=O) groups excluding carboxylic acids is 1. The van der Waals surface area contributed by atoms with Gasteiger partial charge in [0.25, 0.3) is 11.5 Å². The van der Waals surface area contributed by atoms with Crippen LogP contribution in [0.5, 0.6) is 5.75 Å². The second-order valence-corrected chi connectivity index (χ2v) is 12.6. The van der Waals surface area contributed by atoms with Gasteiger partial charge in [-0.25, -0.2) is 0 Å². The second kappa shape index (κ2) is 14.1. The Morgan fingerprint density at radius 2 is 1.68 bits per heavy atom. The molecule has 0 aliphatic carbocycles. The maximum absolute atomic E-state index is 13.7. The molecule has 0 saturated carbocycles. The molecule has 0 N–H and O–H groups in total. The molecule has 1 amide bonds. The second-order valence-electron chi connectivity index (χ2n) is 10.9. The van der Waals surface area contributed by atoms with Gasteiger partial charge in [0.2, 0.25) is 0 Å². The summed E-state index contributed by atoms with van der Waals surface area (Å²) in [5.41, 5.74) is 3.43. The highest BCUT2D eigenvalue weighted by molar-refractivity contribution is 8.26. The zero-order valence-electron chi connectivity index (χ0n) is 25.4. The van der Waals surface area contributed by atoms with Crippen LogP contribution < -0.4 is 20.1 Å². The van der Waals surface area contributed by atoms with Gasteiger partial charge in [-0.05, 0) is 61.2 Å². The number of aromatic nitrogens is 1. The Hall–Kier alpha value is -4.07. The topological polar surface area (TPSA) is 81.8 Å². The number of hydrogen-bond donors (Lipinski definition) is 0. The Kier molecular flexibility index (Phi) is 10.1. The molecule has 0 radical (unpaired) electrons. The van der Waals surface area contributed by atoms with Crippen molar-refractivity contribution in [2.45, 2.75) is 39.7 Å². The van der Waals surface area contributed by atoms with Crippen LogP contribution in [0.2, 0.25) is 0 Å². The summed E-state index contributed by atoms with van der Waals surface area (Å²) in [6.45, 7) is 7.84. The van der Waals surface area contributed by atoms with Gasteiger partial charge < -0.3 is 14.5 Å². The van der Waals surface area contributed by atoms with Crippen LogP contribution >= 0.6 is 24.0 Å². The zero-order chi connectivity index (χ0) is 31.2. The number of anilines is 2. The molecule has 10 heteroatoms. The summed E-state index contributed by atoms with van der Waals surface area (Å²) < 4.78 is 7.51. The Labute approximate surface area is 268 Å². The molecule has 0 unspecified atom stereocenters. The molecule has 228 valence electrons. The number of nitriles is 1. The third-order valence-electron chi connectivity index (χ3n) is 8.21. The molecule has 3 heterocycles. The lowest BCUT2D eigenvalue weighted by atomic mass is 10.0. The van der Waals surface area contributed by atoms with Crippen molar-refractivity contribution < 1.29 is 9.53 Å². The van der Waals surface area contributed by atoms with E-state index in [-0.39, 0.29) is 17.0 Å². The number of unbranched alkanes of at least 4 members (excludes halogenated alkanes) is 1. The van der Waals surface area contributed by atoms with Crippen LogP contribution in [0.25, 0.3) is 6.08 Å². The Balaban J connectivity index is 1.48. The van der Waals surface area contributed by atoms with Crippen LogP contribution in [0, 0.1) is 18.3 Å². The molecule has 0 bridgehead atoms. The normalized spacial score (nSPS) is 16.1. The van der Waals surface area contributed by atoms with Gasteiger partial charge in [0.1, 0.15) is 27.5 Å². The highest BCUT2D eigenvalue weighted by atomic mass is 32.2. The number of amides is 1. The van der Waals surface area contributed by atoms with Crippen LogP contribution in [0.3, 0.4) is 0 Å². The fourth-order valence-corrected chi connectivity index (χ4v) is 6.97.